The van der Waals surface area contributed by atoms with Crippen LogP contribution in [0.25, 0.3) is 32.7 Å². The van der Waals surface area contributed by atoms with Crippen molar-refractivity contribution in [3.05, 3.63) is 48.5 Å². The van der Waals surface area contributed by atoms with E-state index in [0.717, 1.165) is 0 Å². The van der Waals surface area contributed by atoms with Crippen molar-refractivity contribution in [2.75, 3.05) is 28.4 Å². The molecular formula is C24H22O6. The lowest BCUT2D eigenvalue weighted by Crippen LogP contribution is -1.93. The van der Waals surface area contributed by atoms with Crippen LogP contribution in [0.2, 0.25) is 0 Å². The van der Waals surface area contributed by atoms with Crippen LogP contribution in [-0.4, -0.2) is 38.7 Å². The second-order valence-corrected chi connectivity index (χ2v) is 6.71. The molecule has 0 aromatic heterocycles. The van der Waals surface area contributed by atoms with Gasteiger partial charge in [-0.1, -0.05) is 0 Å². The van der Waals surface area contributed by atoms with Gasteiger partial charge in [0.25, 0.3) is 0 Å². The van der Waals surface area contributed by atoms with Crippen LogP contribution in [0.15, 0.2) is 48.5 Å². The number of ether oxygens (including phenoxy) is 4. The molecule has 4 aromatic rings. The predicted octanol–water partition coefficient (Wildman–Crippen LogP) is 5.11. The van der Waals surface area contributed by atoms with Gasteiger partial charge in [-0.3, -0.25) is 0 Å². The van der Waals surface area contributed by atoms with E-state index in [1.165, 1.54) is 14.2 Å². The number of phenols is 2. The Labute approximate surface area is 173 Å². The first-order valence-electron chi connectivity index (χ1n) is 9.29. The summed E-state index contributed by atoms with van der Waals surface area (Å²) in [4.78, 5) is 0. The molecule has 0 fully saturated rings. The highest BCUT2D eigenvalue weighted by Crippen LogP contribution is 2.49. The van der Waals surface area contributed by atoms with Crippen molar-refractivity contribution in [3.63, 3.8) is 0 Å². The van der Waals surface area contributed by atoms with E-state index in [2.05, 4.69) is 0 Å². The highest BCUT2D eigenvalue weighted by atomic mass is 16.5. The van der Waals surface area contributed by atoms with Gasteiger partial charge in [0.2, 0.25) is 0 Å². The molecule has 0 aliphatic heterocycles. The SMILES string of the molecule is COc1ccc(OC)c2c(O)c(-c3ccc4c(OC)ccc(OC)c4c3O)ccc12. The number of methoxy groups -OCH3 is 4. The maximum Gasteiger partial charge on any atom is 0.135 e. The van der Waals surface area contributed by atoms with Crippen LogP contribution in [-0.2, 0) is 0 Å². The standard InChI is InChI=1S/C24H22O6/c1-27-17-9-11-19(29-3)21-15(17)7-5-13(23(21)25)14-6-8-16-18(28-2)10-12-20(30-4)22(16)24(14)26/h5-12,25-26H,1-4H3. The Hall–Kier alpha value is -3.80. The Balaban J connectivity index is 2.06. The zero-order chi connectivity index (χ0) is 21.4. The minimum absolute atomic E-state index is 0.0141. The van der Waals surface area contributed by atoms with Gasteiger partial charge in [0.05, 0.1) is 39.2 Å². The molecule has 0 spiro atoms. The van der Waals surface area contributed by atoms with Crippen LogP contribution in [0.1, 0.15) is 0 Å². The molecule has 0 saturated carbocycles. The van der Waals surface area contributed by atoms with Crippen LogP contribution >= 0.6 is 0 Å². The van der Waals surface area contributed by atoms with E-state index in [1.54, 1.807) is 50.6 Å². The van der Waals surface area contributed by atoms with Crippen LogP contribution in [0, 0.1) is 0 Å². The number of hydrogen-bond acceptors (Lipinski definition) is 6. The summed E-state index contributed by atoms with van der Waals surface area (Å²) in [5.41, 5.74) is 0.914. The summed E-state index contributed by atoms with van der Waals surface area (Å²) >= 11 is 0. The van der Waals surface area contributed by atoms with Gasteiger partial charge in [-0.05, 0) is 48.5 Å². The first kappa shape index (κ1) is 19.5. The van der Waals surface area contributed by atoms with E-state index < -0.39 is 0 Å². The molecule has 0 saturated heterocycles. The summed E-state index contributed by atoms with van der Waals surface area (Å²) in [6.07, 6.45) is 0. The largest absolute Gasteiger partial charge is 0.507 e. The fourth-order valence-electron chi connectivity index (χ4n) is 3.87. The van der Waals surface area contributed by atoms with Crippen molar-refractivity contribution in [2.45, 2.75) is 0 Å². The topological polar surface area (TPSA) is 77.4 Å². The number of hydrogen-bond donors (Lipinski definition) is 2. The van der Waals surface area contributed by atoms with Crippen LogP contribution in [0.3, 0.4) is 0 Å². The summed E-state index contributed by atoms with van der Waals surface area (Å²) in [5, 5.41) is 24.7. The van der Waals surface area contributed by atoms with E-state index in [4.69, 9.17) is 18.9 Å². The first-order chi connectivity index (χ1) is 14.5. The smallest absolute Gasteiger partial charge is 0.135 e. The minimum Gasteiger partial charge on any atom is -0.507 e. The van der Waals surface area contributed by atoms with Gasteiger partial charge in [0, 0.05) is 21.9 Å². The van der Waals surface area contributed by atoms with E-state index in [1.807, 2.05) is 12.1 Å². The zero-order valence-electron chi connectivity index (χ0n) is 17.1. The van der Waals surface area contributed by atoms with Crippen molar-refractivity contribution in [1.82, 2.24) is 0 Å². The normalized spacial score (nSPS) is 10.9. The van der Waals surface area contributed by atoms with E-state index in [-0.39, 0.29) is 11.5 Å². The lowest BCUT2D eigenvalue weighted by atomic mass is 9.95. The molecule has 0 bridgehead atoms. The lowest BCUT2D eigenvalue weighted by molar-refractivity contribution is 0.407. The van der Waals surface area contributed by atoms with Crippen molar-refractivity contribution in [1.29, 1.82) is 0 Å². The highest BCUT2D eigenvalue weighted by Gasteiger charge is 2.20. The summed E-state index contributed by atoms with van der Waals surface area (Å²) in [6, 6.07) is 14.2. The fraction of sp³-hybridized carbons (Fsp3) is 0.167. The van der Waals surface area contributed by atoms with Gasteiger partial charge in [-0.25, -0.2) is 0 Å². The molecule has 0 radical (unpaired) electrons. The molecule has 0 aliphatic carbocycles. The molecule has 0 amide bonds. The number of aromatic hydroxyl groups is 2. The van der Waals surface area contributed by atoms with Gasteiger partial charge >= 0.3 is 0 Å². The Morgan fingerprint density at radius 2 is 0.800 bits per heavy atom. The number of rotatable bonds is 5. The predicted molar refractivity (Wildman–Crippen MR) is 116 cm³/mol. The molecule has 30 heavy (non-hydrogen) atoms. The molecule has 0 aliphatic rings. The van der Waals surface area contributed by atoms with E-state index in [9.17, 15) is 10.2 Å². The molecular weight excluding hydrogens is 384 g/mol. The van der Waals surface area contributed by atoms with Crippen molar-refractivity contribution < 1.29 is 29.2 Å². The average Bonchev–Trinajstić information content (AvgIpc) is 2.78. The maximum atomic E-state index is 11.2. The Morgan fingerprint density at radius 3 is 1.13 bits per heavy atom. The van der Waals surface area contributed by atoms with Gasteiger partial charge in [-0.15, -0.1) is 0 Å². The maximum absolute atomic E-state index is 11.2. The van der Waals surface area contributed by atoms with Crippen LogP contribution in [0.4, 0.5) is 0 Å². The molecule has 6 nitrogen and oxygen atoms in total. The third-order valence-electron chi connectivity index (χ3n) is 5.32. The Kier molecular flexibility index (Phi) is 4.91. The van der Waals surface area contributed by atoms with Gasteiger partial charge < -0.3 is 29.2 Å². The lowest BCUT2D eigenvalue weighted by Gasteiger charge is -2.17. The number of fused-ring (bicyclic) bond motifs is 2. The highest BCUT2D eigenvalue weighted by molar-refractivity contribution is 6.06. The number of benzene rings is 4. The molecule has 4 aromatic carbocycles. The van der Waals surface area contributed by atoms with E-state index >= 15 is 0 Å². The fourth-order valence-corrected chi connectivity index (χ4v) is 3.87. The second kappa shape index (κ2) is 7.55. The molecule has 2 N–H and O–H groups in total. The molecule has 4 rings (SSSR count). The molecule has 0 unspecified atom stereocenters. The summed E-state index contributed by atoms with van der Waals surface area (Å²) in [6.45, 7) is 0. The Bertz CT molecular complexity index is 1160. The van der Waals surface area contributed by atoms with Crippen molar-refractivity contribution in [3.8, 4) is 45.6 Å². The Morgan fingerprint density at radius 1 is 0.467 bits per heavy atom. The van der Waals surface area contributed by atoms with Gasteiger partial charge in [0.15, 0.2) is 0 Å². The third kappa shape index (κ3) is 2.80. The third-order valence-corrected chi connectivity index (χ3v) is 5.32. The van der Waals surface area contributed by atoms with Crippen LogP contribution < -0.4 is 18.9 Å². The molecule has 0 heterocycles. The molecule has 154 valence electrons. The number of phenolic OH excluding ortho intramolecular Hbond substituents is 2. The quantitative estimate of drug-likeness (QED) is 0.480. The molecule has 0 atom stereocenters. The summed E-state index contributed by atoms with van der Waals surface area (Å²) in [5.74, 6) is 2.21. The van der Waals surface area contributed by atoms with Crippen LogP contribution in [0.5, 0.6) is 34.5 Å². The van der Waals surface area contributed by atoms with Gasteiger partial charge in [-0.2, -0.15) is 0 Å². The average molecular weight is 406 g/mol. The van der Waals surface area contributed by atoms with Gasteiger partial charge in [0.1, 0.15) is 34.5 Å². The monoisotopic (exact) mass is 406 g/mol. The van der Waals surface area contributed by atoms with Crippen molar-refractivity contribution in [2.24, 2.45) is 0 Å². The molecule has 6 heteroatoms. The minimum atomic E-state index is -0.0141. The van der Waals surface area contributed by atoms with E-state index in [0.29, 0.717) is 55.7 Å². The second-order valence-electron chi connectivity index (χ2n) is 6.71. The first-order valence-corrected chi connectivity index (χ1v) is 9.29. The zero-order valence-corrected chi connectivity index (χ0v) is 17.1. The van der Waals surface area contributed by atoms with Crippen molar-refractivity contribution >= 4 is 21.5 Å². The summed E-state index contributed by atoms with van der Waals surface area (Å²) < 4.78 is 21.7. The summed E-state index contributed by atoms with van der Waals surface area (Å²) in [7, 11) is 6.22.